The minimum Gasteiger partial charge on any atom is -0.381 e. The highest BCUT2D eigenvalue weighted by Crippen LogP contribution is 2.32. The average Bonchev–Trinajstić information content (AvgIpc) is 2.49. The fourth-order valence-electron chi connectivity index (χ4n) is 2.82. The van der Waals surface area contributed by atoms with Gasteiger partial charge in [0.1, 0.15) is 0 Å². The van der Waals surface area contributed by atoms with Gasteiger partial charge in [-0.05, 0) is 55.2 Å². The van der Waals surface area contributed by atoms with Gasteiger partial charge in [-0.25, -0.2) is 0 Å². The molecule has 1 radical (unpaired) electrons. The topological polar surface area (TPSA) is 9.23 Å². The quantitative estimate of drug-likeness (QED) is 0.652. The van der Waals surface area contributed by atoms with Crippen molar-refractivity contribution in [2.45, 2.75) is 39.0 Å². The van der Waals surface area contributed by atoms with Gasteiger partial charge in [-0.2, -0.15) is 0 Å². The molecule has 0 N–H and O–H groups in total. The molecule has 1 aromatic carbocycles. The maximum Gasteiger partial charge on any atom is 0.0468 e. The third kappa shape index (κ3) is 5.06. The molecule has 1 fully saturated rings. The van der Waals surface area contributed by atoms with Crippen LogP contribution >= 0.6 is 15.9 Å². The minimum absolute atomic E-state index is 0.776. The molecule has 0 unspecified atom stereocenters. The van der Waals surface area contributed by atoms with Gasteiger partial charge in [-0.1, -0.05) is 53.6 Å². The minimum atomic E-state index is 0.776. The number of halogens is 1. The second kappa shape index (κ2) is 8.63. The van der Waals surface area contributed by atoms with Crippen LogP contribution in [0, 0.1) is 11.8 Å². The second-order valence-corrected chi connectivity index (χ2v) is 6.37. The highest BCUT2D eigenvalue weighted by molar-refractivity contribution is 9.10. The van der Waals surface area contributed by atoms with Crippen molar-refractivity contribution in [1.82, 2.24) is 0 Å². The maximum absolute atomic E-state index is 5.48. The molecular weight excluding hydrogens is 312 g/mol. The van der Waals surface area contributed by atoms with E-state index in [9.17, 15) is 0 Å². The number of rotatable bonds is 6. The molecule has 1 aliphatic heterocycles. The van der Waals surface area contributed by atoms with Crippen molar-refractivity contribution >= 4 is 22.0 Å². The molecule has 0 spiro atoms. The fourth-order valence-corrected chi connectivity index (χ4v) is 3.08. The lowest BCUT2D eigenvalue weighted by molar-refractivity contribution is 0.0682. The Labute approximate surface area is 131 Å². The van der Waals surface area contributed by atoms with Crippen LogP contribution in [-0.4, -0.2) is 13.2 Å². The van der Waals surface area contributed by atoms with Crippen LogP contribution in [0.2, 0.25) is 0 Å². The summed E-state index contributed by atoms with van der Waals surface area (Å²) in [6.45, 7) is 4.15. The summed E-state index contributed by atoms with van der Waals surface area (Å²) in [6, 6.07) is 8.48. The van der Waals surface area contributed by atoms with E-state index >= 15 is 0 Å². The van der Waals surface area contributed by atoms with Crippen molar-refractivity contribution in [2.24, 2.45) is 5.92 Å². The van der Waals surface area contributed by atoms with Crippen LogP contribution in [0.15, 0.2) is 34.8 Å². The summed E-state index contributed by atoms with van der Waals surface area (Å²) in [4.78, 5) is 0. The Hall–Kier alpha value is -0.600. The smallest absolute Gasteiger partial charge is 0.0468 e. The van der Waals surface area contributed by atoms with Crippen LogP contribution in [0.3, 0.4) is 0 Å². The number of hydrogen-bond donors (Lipinski definition) is 0. The predicted molar refractivity (Wildman–Crippen MR) is 89.5 cm³/mol. The van der Waals surface area contributed by atoms with Crippen LogP contribution < -0.4 is 0 Å². The molecular formula is C18H24BrO. The summed E-state index contributed by atoms with van der Waals surface area (Å²) in [5.74, 6) is 2.49. The number of benzene rings is 1. The average molecular weight is 336 g/mol. The standard InChI is InChI=1S/C18H24BrO/c1-2-4-16(17-11-13-20-14-12-17)6-3-5-15-7-9-18(19)10-8-15/h3,5,7-10,17H,2,4,6,11-14H2,1H3. The predicted octanol–water partition coefficient (Wildman–Crippen LogP) is 5.65. The van der Waals surface area contributed by atoms with Crippen LogP contribution in [-0.2, 0) is 4.74 Å². The fraction of sp³-hybridized carbons (Fsp3) is 0.500. The van der Waals surface area contributed by atoms with Crippen molar-refractivity contribution < 1.29 is 4.74 Å². The molecule has 1 saturated heterocycles. The molecule has 109 valence electrons. The van der Waals surface area contributed by atoms with Gasteiger partial charge in [0.25, 0.3) is 0 Å². The summed E-state index contributed by atoms with van der Waals surface area (Å²) in [5.41, 5.74) is 1.27. The van der Waals surface area contributed by atoms with Crippen molar-refractivity contribution in [3.8, 4) is 0 Å². The van der Waals surface area contributed by atoms with E-state index in [2.05, 4.69) is 59.3 Å². The zero-order chi connectivity index (χ0) is 14.2. The molecule has 1 nitrogen and oxygen atoms in total. The highest BCUT2D eigenvalue weighted by atomic mass is 79.9. The number of allylic oxidation sites excluding steroid dienone is 1. The van der Waals surface area contributed by atoms with Gasteiger partial charge in [0.2, 0.25) is 0 Å². The van der Waals surface area contributed by atoms with E-state index in [1.54, 1.807) is 5.92 Å². The molecule has 20 heavy (non-hydrogen) atoms. The third-order valence-electron chi connectivity index (χ3n) is 3.93. The lowest BCUT2D eigenvalue weighted by Crippen LogP contribution is -2.21. The van der Waals surface area contributed by atoms with Crippen LogP contribution in [0.5, 0.6) is 0 Å². The monoisotopic (exact) mass is 335 g/mol. The normalized spacial score (nSPS) is 17.1. The summed E-state index contributed by atoms with van der Waals surface area (Å²) < 4.78 is 6.61. The number of hydrogen-bond acceptors (Lipinski definition) is 1. The summed E-state index contributed by atoms with van der Waals surface area (Å²) in [7, 11) is 0. The number of ether oxygens (including phenoxy) is 1. The maximum atomic E-state index is 5.48. The summed E-state index contributed by atoms with van der Waals surface area (Å²) in [5, 5.41) is 0. The van der Waals surface area contributed by atoms with Crippen LogP contribution in [0.4, 0.5) is 0 Å². The SMILES string of the molecule is CCC[C](CC=Cc1ccc(Br)cc1)C1CCOCC1. The van der Waals surface area contributed by atoms with Gasteiger partial charge >= 0.3 is 0 Å². The van der Waals surface area contributed by atoms with Crippen molar-refractivity contribution in [1.29, 1.82) is 0 Å². The van der Waals surface area contributed by atoms with Crippen molar-refractivity contribution in [3.63, 3.8) is 0 Å². The Bertz CT molecular complexity index is 404. The molecule has 1 aromatic rings. The molecule has 2 heteroatoms. The zero-order valence-corrected chi connectivity index (χ0v) is 13.9. The molecule has 0 aromatic heterocycles. The van der Waals surface area contributed by atoms with Gasteiger partial charge in [-0.3, -0.25) is 0 Å². The Kier molecular flexibility index (Phi) is 6.81. The van der Waals surface area contributed by atoms with Crippen LogP contribution in [0.25, 0.3) is 6.08 Å². The Morgan fingerprint density at radius 3 is 2.60 bits per heavy atom. The van der Waals surface area contributed by atoms with Crippen molar-refractivity contribution in [2.75, 3.05) is 13.2 Å². The Morgan fingerprint density at radius 2 is 1.95 bits per heavy atom. The third-order valence-corrected chi connectivity index (χ3v) is 4.46. The van der Waals surface area contributed by atoms with Gasteiger partial charge in [-0.15, -0.1) is 0 Å². The molecule has 2 rings (SSSR count). The van der Waals surface area contributed by atoms with Gasteiger partial charge in [0.15, 0.2) is 0 Å². The second-order valence-electron chi connectivity index (χ2n) is 5.45. The van der Waals surface area contributed by atoms with Crippen LogP contribution in [0.1, 0.15) is 44.6 Å². The zero-order valence-electron chi connectivity index (χ0n) is 12.3. The van der Waals surface area contributed by atoms with E-state index < -0.39 is 0 Å². The first-order chi connectivity index (χ1) is 9.79. The molecule has 0 aliphatic carbocycles. The lowest BCUT2D eigenvalue weighted by atomic mass is 9.81. The van der Waals surface area contributed by atoms with Gasteiger partial charge in [0.05, 0.1) is 0 Å². The Morgan fingerprint density at radius 1 is 1.25 bits per heavy atom. The first-order valence-electron chi connectivity index (χ1n) is 7.64. The first-order valence-corrected chi connectivity index (χ1v) is 8.43. The van der Waals surface area contributed by atoms with E-state index in [0.29, 0.717) is 0 Å². The molecule has 1 heterocycles. The molecule has 0 saturated carbocycles. The van der Waals surface area contributed by atoms with E-state index in [4.69, 9.17) is 4.74 Å². The van der Waals surface area contributed by atoms with Crippen molar-refractivity contribution in [3.05, 3.63) is 46.3 Å². The van der Waals surface area contributed by atoms with E-state index in [0.717, 1.165) is 30.0 Å². The molecule has 0 atom stereocenters. The molecule has 1 aliphatic rings. The first kappa shape index (κ1) is 15.8. The van der Waals surface area contributed by atoms with Gasteiger partial charge < -0.3 is 4.74 Å². The molecule has 0 amide bonds. The van der Waals surface area contributed by atoms with E-state index in [1.807, 2.05) is 0 Å². The Balaban J connectivity index is 1.88. The van der Waals surface area contributed by atoms with E-state index in [1.165, 1.54) is 31.2 Å². The molecule has 0 bridgehead atoms. The summed E-state index contributed by atoms with van der Waals surface area (Å²) >= 11 is 3.47. The largest absolute Gasteiger partial charge is 0.381 e. The summed E-state index contributed by atoms with van der Waals surface area (Å²) in [6.07, 6.45) is 10.6. The van der Waals surface area contributed by atoms with E-state index in [-0.39, 0.29) is 0 Å². The lowest BCUT2D eigenvalue weighted by Gasteiger charge is -2.29. The van der Waals surface area contributed by atoms with Gasteiger partial charge in [0, 0.05) is 17.7 Å². The highest BCUT2D eigenvalue weighted by Gasteiger charge is 2.22.